The van der Waals surface area contributed by atoms with E-state index in [1.54, 1.807) is 13.2 Å². The van der Waals surface area contributed by atoms with Gasteiger partial charge < -0.3 is 14.2 Å². The van der Waals surface area contributed by atoms with E-state index in [-0.39, 0.29) is 18.5 Å². The van der Waals surface area contributed by atoms with E-state index in [0.29, 0.717) is 11.3 Å². The Labute approximate surface area is 122 Å². The number of ether oxygens (including phenoxy) is 3. The van der Waals surface area contributed by atoms with Crippen LogP contribution in [0.2, 0.25) is 0 Å². The lowest BCUT2D eigenvalue weighted by Gasteiger charge is -2.21. The van der Waals surface area contributed by atoms with E-state index in [4.69, 9.17) is 14.2 Å². The van der Waals surface area contributed by atoms with Crippen LogP contribution in [0.3, 0.4) is 0 Å². The van der Waals surface area contributed by atoms with Crippen molar-refractivity contribution in [3.05, 3.63) is 59.7 Å². The minimum absolute atomic E-state index is 0.00479. The molecule has 0 bridgehead atoms. The van der Waals surface area contributed by atoms with Gasteiger partial charge in [-0.2, -0.15) is 0 Å². The van der Waals surface area contributed by atoms with Crippen LogP contribution in [0.1, 0.15) is 22.0 Å². The normalized spacial score (nSPS) is 26.1. The molecule has 0 radical (unpaired) electrons. The van der Waals surface area contributed by atoms with Gasteiger partial charge >= 0.3 is 0 Å². The molecule has 0 aliphatic carbocycles. The number of rotatable bonds is 2. The van der Waals surface area contributed by atoms with Gasteiger partial charge in [-0.3, -0.25) is 4.79 Å². The standard InChI is InChI=1S/C17H14O4/c1-19-12-8-6-11(7-9-12)16-17(21-16)10-20-14-5-3-2-4-13(14)15(17)18/h2-9,16H,10H2,1H3/t16-,17-/m1/s1. The Hall–Kier alpha value is -2.33. The van der Waals surface area contributed by atoms with Crippen LogP contribution in [-0.4, -0.2) is 25.1 Å². The first-order valence-corrected chi connectivity index (χ1v) is 6.83. The number of carbonyl (C=O) groups is 1. The number of para-hydroxylation sites is 1. The van der Waals surface area contributed by atoms with Crippen molar-refractivity contribution in [1.29, 1.82) is 0 Å². The number of methoxy groups -OCH3 is 1. The number of benzene rings is 2. The van der Waals surface area contributed by atoms with Gasteiger partial charge in [-0.25, -0.2) is 0 Å². The monoisotopic (exact) mass is 282 g/mol. The maximum Gasteiger partial charge on any atom is 0.205 e. The maximum absolute atomic E-state index is 12.7. The smallest absolute Gasteiger partial charge is 0.205 e. The minimum Gasteiger partial charge on any atom is -0.497 e. The lowest BCUT2D eigenvalue weighted by atomic mass is 9.89. The van der Waals surface area contributed by atoms with Crippen molar-refractivity contribution in [2.24, 2.45) is 0 Å². The molecule has 4 nitrogen and oxygen atoms in total. The second-order valence-electron chi connectivity index (χ2n) is 5.27. The van der Waals surface area contributed by atoms with Crippen molar-refractivity contribution < 1.29 is 19.0 Å². The molecular formula is C17H14O4. The highest BCUT2D eigenvalue weighted by Gasteiger charge is 2.65. The van der Waals surface area contributed by atoms with Gasteiger partial charge in [-0.15, -0.1) is 0 Å². The van der Waals surface area contributed by atoms with Crippen LogP contribution >= 0.6 is 0 Å². The molecule has 21 heavy (non-hydrogen) atoms. The first-order chi connectivity index (χ1) is 10.2. The SMILES string of the molecule is COc1ccc([C@H]2O[C@@]23COc2ccccc2C3=O)cc1. The average Bonchev–Trinajstić information content (AvgIpc) is 3.27. The Kier molecular flexibility index (Phi) is 2.56. The van der Waals surface area contributed by atoms with Gasteiger partial charge in [0.2, 0.25) is 5.78 Å². The lowest BCUT2D eigenvalue weighted by Crippen LogP contribution is -2.37. The Morgan fingerprint density at radius 2 is 1.90 bits per heavy atom. The minimum atomic E-state index is -0.858. The molecule has 2 aromatic rings. The van der Waals surface area contributed by atoms with Crippen LogP contribution in [0, 0.1) is 0 Å². The molecule has 2 aliphatic heterocycles. The first-order valence-electron chi connectivity index (χ1n) is 6.83. The molecule has 1 spiro atoms. The fourth-order valence-corrected chi connectivity index (χ4v) is 2.83. The van der Waals surface area contributed by atoms with Gasteiger partial charge in [-0.05, 0) is 29.8 Å². The van der Waals surface area contributed by atoms with E-state index < -0.39 is 5.60 Å². The highest BCUT2D eigenvalue weighted by atomic mass is 16.6. The van der Waals surface area contributed by atoms with Crippen molar-refractivity contribution >= 4 is 5.78 Å². The summed E-state index contributed by atoms with van der Waals surface area (Å²) in [5, 5.41) is 0. The Balaban J connectivity index is 1.64. The third-order valence-corrected chi connectivity index (χ3v) is 4.07. The van der Waals surface area contributed by atoms with Crippen molar-refractivity contribution in [2.45, 2.75) is 11.7 Å². The molecule has 4 heteroatoms. The third-order valence-electron chi connectivity index (χ3n) is 4.07. The highest BCUT2D eigenvalue weighted by Crippen LogP contribution is 2.54. The zero-order chi connectivity index (χ0) is 14.4. The number of epoxide rings is 1. The van der Waals surface area contributed by atoms with Crippen LogP contribution in [0.25, 0.3) is 0 Å². The Morgan fingerprint density at radius 3 is 2.67 bits per heavy atom. The summed E-state index contributed by atoms with van der Waals surface area (Å²) >= 11 is 0. The van der Waals surface area contributed by atoms with Crippen LogP contribution < -0.4 is 9.47 Å². The molecular weight excluding hydrogens is 268 g/mol. The van der Waals surface area contributed by atoms with E-state index in [1.165, 1.54) is 0 Å². The number of carbonyl (C=O) groups excluding carboxylic acids is 1. The van der Waals surface area contributed by atoms with E-state index in [2.05, 4.69) is 0 Å². The largest absolute Gasteiger partial charge is 0.497 e. The number of fused-ring (bicyclic) bond motifs is 1. The second kappa shape index (κ2) is 4.33. The molecule has 2 atom stereocenters. The van der Waals surface area contributed by atoms with Crippen molar-refractivity contribution in [2.75, 3.05) is 13.7 Å². The van der Waals surface area contributed by atoms with Crippen molar-refractivity contribution in [3.63, 3.8) is 0 Å². The molecule has 2 heterocycles. The molecule has 1 saturated heterocycles. The average molecular weight is 282 g/mol. The summed E-state index contributed by atoms with van der Waals surface area (Å²) in [6.45, 7) is 0.263. The third kappa shape index (κ3) is 1.76. The van der Waals surface area contributed by atoms with Gasteiger partial charge in [0, 0.05) is 0 Å². The zero-order valence-electron chi connectivity index (χ0n) is 11.5. The number of ketones is 1. The predicted molar refractivity (Wildman–Crippen MR) is 75.8 cm³/mol. The quantitative estimate of drug-likeness (QED) is 0.795. The summed E-state index contributed by atoms with van der Waals surface area (Å²) in [6.07, 6.45) is -0.246. The molecule has 0 N–H and O–H groups in total. The van der Waals surface area contributed by atoms with E-state index in [9.17, 15) is 4.79 Å². The highest BCUT2D eigenvalue weighted by molar-refractivity contribution is 6.07. The fourth-order valence-electron chi connectivity index (χ4n) is 2.83. The van der Waals surface area contributed by atoms with Gasteiger partial charge in [0.1, 0.15) is 24.2 Å². The van der Waals surface area contributed by atoms with Crippen LogP contribution in [0.15, 0.2) is 48.5 Å². The second-order valence-corrected chi connectivity index (χ2v) is 5.27. The topological polar surface area (TPSA) is 48.1 Å². The number of hydrogen-bond acceptors (Lipinski definition) is 4. The van der Waals surface area contributed by atoms with Crippen molar-refractivity contribution in [3.8, 4) is 11.5 Å². The predicted octanol–water partition coefficient (Wildman–Crippen LogP) is 2.78. The van der Waals surface area contributed by atoms with Gasteiger partial charge in [0.15, 0.2) is 5.60 Å². The lowest BCUT2D eigenvalue weighted by molar-refractivity contribution is 0.0755. The summed E-state index contributed by atoms with van der Waals surface area (Å²) in [7, 11) is 1.62. The van der Waals surface area contributed by atoms with E-state index in [0.717, 1.165) is 11.3 Å². The summed E-state index contributed by atoms with van der Waals surface area (Å²) in [6, 6.07) is 14.9. The number of Topliss-reactive ketones (excluding diaryl/α,β-unsaturated/α-hetero) is 1. The molecule has 2 aliphatic rings. The van der Waals surface area contributed by atoms with Gasteiger partial charge in [0.05, 0.1) is 12.7 Å². The van der Waals surface area contributed by atoms with Crippen LogP contribution in [0.4, 0.5) is 0 Å². The Morgan fingerprint density at radius 1 is 1.14 bits per heavy atom. The van der Waals surface area contributed by atoms with E-state index >= 15 is 0 Å². The fraction of sp³-hybridized carbons (Fsp3) is 0.235. The summed E-state index contributed by atoms with van der Waals surface area (Å²) in [5.74, 6) is 1.42. The zero-order valence-corrected chi connectivity index (χ0v) is 11.5. The Bertz CT molecular complexity index is 707. The molecule has 0 amide bonds. The van der Waals surface area contributed by atoms with Crippen molar-refractivity contribution in [1.82, 2.24) is 0 Å². The maximum atomic E-state index is 12.7. The molecule has 1 fully saturated rings. The molecule has 0 saturated carbocycles. The first kappa shape index (κ1) is 12.4. The van der Waals surface area contributed by atoms with Gasteiger partial charge in [-0.1, -0.05) is 24.3 Å². The molecule has 4 rings (SSSR count). The molecule has 0 unspecified atom stereocenters. The molecule has 0 aromatic heterocycles. The summed E-state index contributed by atoms with van der Waals surface area (Å²) < 4.78 is 16.6. The summed E-state index contributed by atoms with van der Waals surface area (Å²) in [4.78, 5) is 12.7. The number of hydrogen-bond donors (Lipinski definition) is 0. The molecule has 2 aromatic carbocycles. The van der Waals surface area contributed by atoms with Gasteiger partial charge in [0.25, 0.3) is 0 Å². The molecule has 106 valence electrons. The summed E-state index contributed by atoms with van der Waals surface area (Å²) in [5.41, 5.74) is 0.704. The van der Waals surface area contributed by atoms with Crippen LogP contribution in [-0.2, 0) is 4.74 Å². The van der Waals surface area contributed by atoms with Crippen LogP contribution in [0.5, 0.6) is 11.5 Å². The van der Waals surface area contributed by atoms with E-state index in [1.807, 2.05) is 42.5 Å².